The Bertz CT molecular complexity index is 1250. The van der Waals surface area contributed by atoms with Crippen molar-refractivity contribution < 1.29 is 39.0 Å². The van der Waals surface area contributed by atoms with Gasteiger partial charge in [-0.05, 0) is 32.3 Å². The van der Waals surface area contributed by atoms with Gasteiger partial charge in [0.15, 0.2) is 5.82 Å². The maximum Gasteiger partial charge on any atom is 0.527 e. The van der Waals surface area contributed by atoms with Gasteiger partial charge in [0.1, 0.15) is 11.7 Å². The lowest BCUT2D eigenvalue weighted by Gasteiger charge is -2.35. The molecule has 13 heteroatoms. The molecule has 1 saturated carbocycles. The molecule has 0 bridgehead atoms. The third kappa shape index (κ3) is 8.23. The van der Waals surface area contributed by atoms with Crippen LogP contribution in [0.1, 0.15) is 67.5 Å². The lowest BCUT2D eigenvalue weighted by atomic mass is 9.84. The molecule has 2 fully saturated rings. The van der Waals surface area contributed by atoms with Crippen molar-refractivity contribution in [1.82, 2.24) is 25.2 Å². The van der Waals surface area contributed by atoms with Crippen LogP contribution in [0.2, 0.25) is 0 Å². The molecule has 1 aliphatic heterocycles. The van der Waals surface area contributed by atoms with Crippen molar-refractivity contribution in [1.29, 1.82) is 0 Å². The zero-order chi connectivity index (χ0) is 30.1. The molecule has 2 amide bonds. The molecule has 1 aromatic carbocycles. The highest BCUT2D eigenvalue weighted by atomic mass is 16.8. The van der Waals surface area contributed by atoms with Gasteiger partial charge in [-0.2, -0.15) is 0 Å². The zero-order valence-electron chi connectivity index (χ0n) is 23.6. The third-order valence-electron chi connectivity index (χ3n) is 7.39. The normalized spacial score (nSPS) is 19.9. The highest BCUT2D eigenvalue weighted by Gasteiger charge is 2.32. The molecule has 13 nitrogen and oxygen atoms in total. The number of carboxylic acids is 1. The Morgan fingerprint density at radius 3 is 2.43 bits per heavy atom. The van der Waals surface area contributed by atoms with Gasteiger partial charge in [0, 0.05) is 31.0 Å². The quantitative estimate of drug-likeness (QED) is 0.351. The average molecular weight is 584 g/mol. The molecular weight excluding hydrogens is 546 g/mol. The second-order valence-corrected chi connectivity index (χ2v) is 10.3. The molecule has 3 atom stereocenters. The van der Waals surface area contributed by atoms with Crippen molar-refractivity contribution in [2.45, 2.75) is 63.5 Å². The summed E-state index contributed by atoms with van der Waals surface area (Å²) in [6, 6.07) is 9.59. The number of nitrogens with zero attached hydrogens (tertiary/aromatic N) is 4. The smallest absolute Gasteiger partial charge is 0.481 e. The first-order chi connectivity index (χ1) is 20.2. The molecule has 2 aromatic rings. The Labute approximate surface area is 243 Å². The Hall–Kier alpha value is -4.10. The molecule has 1 aromatic heterocycles. The van der Waals surface area contributed by atoms with E-state index >= 15 is 0 Å². The van der Waals surface area contributed by atoms with E-state index < -0.39 is 36.1 Å². The Morgan fingerprint density at radius 2 is 1.76 bits per heavy atom. The van der Waals surface area contributed by atoms with Gasteiger partial charge < -0.3 is 30.0 Å². The summed E-state index contributed by atoms with van der Waals surface area (Å²) in [5, 5.41) is 24.1. The highest BCUT2D eigenvalue weighted by Crippen LogP contribution is 2.33. The highest BCUT2D eigenvalue weighted by molar-refractivity contribution is 5.96. The number of carbonyl (C=O) groups is 4. The monoisotopic (exact) mass is 583 g/mol. The van der Waals surface area contributed by atoms with Crippen LogP contribution in [0.25, 0.3) is 11.4 Å². The molecule has 2 unspecified atom stereocenters. The molecule has 0 spiro atoms. The van der Waals surface area contributed by atoms with E-state index in [1.54, 1.807) is 13.0 Å². The van der Waals surface area contributed by atoms with E-state index in [1.165, 1.54) is 9.96 Å². The Morgan fingerprint density at radius 1 is 1.05 bits per heavy atom. The summed E-state index contributed by atoms with van der Waals surface area (Å²) in [7, 11) is 0. The van der Waals surface area contributed by atoms with Gasteiger partial charge in [0.25, 0.3) is 5.91 Å². The lowest BCUT2D eigenvalue weighted by Crippen LogP contribution is -2.55. The summed E-state index contributed by atoms with van der Waals surface area (Å²) in [6.07, 6.45) is 1.33. The van der Waals surface area contributed by atoms with Crippen LogP contribution in [0.15, 0.2) is 36.4 Å². The number of aliphatic hydroxyl groups is 1. The number of hydrogen-bond acceptors (Lipinski definition) is 10. The van der Waals surface area contributed by atoms with E-state index in [1.807, 2.05) is 30.3 Å². The predicted octanol–water partition coefficient (Wildman–Crippen LogP) is 2.36. The van der Waals surface area contributed by atoms with E-state index in [-0.39, 0.29) is 57.2 Å². The fraction of sp³-hybridized carbons (Fsp3) is 0.517. The Balaban J connectivity index is 1.53. The van der Waals surface area contributed by atoms with E-state index in [4.69, 9.17) is 14.6 Å². The minimum atomic E-state index is -1.12. The van der Waals surface area contributed by atoms with Gasteiger partial charge in [-0.15, -0.1) is 5.06 Å². The minimum Gasteiger partial charge on any atom is -0.481 e. The van der Waals surface area contributed by atoms with Gasteiger partial charge in [-0.25, -0.2) is 14.8 Å². The van der Waals surface area contributed by atoms with E-state index in [0.717, 1.165) is 19.3 Å². The summed E-state index contributed by atoms with van der Waals surface area (Å²) in [6.45, 7) is 2.69. The van der Waals surface area contributed by atoms with Gasteiger partial charge in [-0.1, -0.05) is 43.2 Å². The van der Waals surface area contributed by atoms with E-state index in [9.17, 15) is 29.4 Å². The minimum absolute atomic E-state index is 0.0254. The zero-order valence-corrected chi connectivity index (χ0v) is 23.6. The van der Waals surface area contributed by atoms with E-state index in [2.05, 4.69) is 10.3 Å². The topological polar surface area (TPSA) is 171 Å². The van der Waals surface area contributed by atoms with Crippen LogP contribution in [-0.2, 0) is 19.2 Å². The molecule has 1 aliphatic carbocycles. The van der Waals surface area contributed by atoms with Gasteiger partial charge in [0.05, 0.1) is 31.5 Å². The van der Waals surface area contributed by atoms with E-state index in [0.29, 0.717) is 23.5 Å². The maximum atomic E-state index is 13.6. The number of hydrogen-bond donors (Lipinski definition) is 3. The maximum absolute atomic E-state index is 13.6. The van der Waals surface area contributed by atoms with Crippen molar-refractivity contribution >= 4 is 23.9 Å². The van der Waals surface area contributed by atoms with Crippen molar-refractivity contribution in [2.24, 2.45) is 0 Å². The fourth-order valence-corrected chi connectivity index (χ4v) is 5.17. The molecule has 4 rings (SSSR count). The average Bonchev–Trinajstić information content (AvgIpc) is 2.99. The largest absolute Gasteiger partial charge is 0.527 e. The molecule has 42 heavy (non-hydrogen) atoms. The first-order valence-corrected chi connectivity index (χ1v) is 14.3. The lowest BCUT2D eigenvalue weighted by molar-refractivity contribution is -0.157. The predicted molar refractivity (Wildman–Crippen MR) is 149 cm³/mol. The summed E-state index contributed by atoms with van der Waals surface area (Å²) in [5.41, 5.74) is 1.27. The van der Waals surface area contributed by atoms with Crippen molar-refractivity contribution in [3.8, 4) is 11.4 Å². The van der Waals surface area contributed by atoms with Crippen LogP contribution in [0.5, 0.6) is 0 Å². The van der Waals surface area contributed by atoms with Crippen LogP contribution in [0.4, 0.5) is 4.79 Å². The van der Waals surface area contributed by atoms with Gasteiger partial charge in [-0.3, -0.25) is 14.4 Å². The van der Waals surface area contributed by atoms with Crippen molar-refractivity contribution in [2.75, 3.05) is 32.8 Å². The number of aromatic nitrogens is 2. The molecule has 226 valence electrons. The van der Waals surface area contributed by atoms with Crippen LogP contribution in [0.3, 0.4) is 0 Å². The van der Waals surface area contributed by atoms with Gasteiger partial charge >= 0.3 is 12.1 Å². The number of piperazine rings is 1. The summed E-state index contributed by atoms with van der Waals surface area (Å²) in [5.74, 6) is -2.12. The molecule has 2 heterocycles. The van der Waals surface area contributed by atoms with Crippen molar-refractivity contribution in [3.63, 3.8) is 0 Å². The second kappa shape index (κ2) is 14.7. The first-order valence-electron chi connectivity index (χ1n) is 14.3. The number of carbonyl (C=O) groups excluding carboxylic acids is 3. The van der Waals surface area contributed by atoms with Crippen LogP contribution < -0.4 is 5.32 Å². The summed E-state index contributed by atoms with van der Waals surface area (Å²) < 4.78 is 4.78. The van der Waals surface area contributed by atoms with Gasteiger partial charge in [0.2, 0.25) is 5.91 Å². The molecule has 1 saturated heterocycles. The van der Waals surface area contributed by atoms with Crippen LogP contribution in [-0.4, -0.2) is 99.0 Å². The van der Waals surface area contributed by atoms with Crippen LogP contribution >= 0.6 is 0 Å². The Kier molecular flexibility index (Phi) is 10.8. The number of rotatable bonds is 10. The van der Waals surface area contributed by atoms with Crippen LogP contribution in [0, 0.1) is 0 Å². The molecular formula is C29H37N5O8. The summed E-state index contributed by atoms with van der Waals surface area (Å²) in [4.78, 5) is 65.7. The second-order valence-electron chi connectivity index (χ2n) is 10.3. The number of benzene rings is 1. The first kappa shape index (κ1) is 30.8. The molecule has 0 radical (unpaired) electrons. The SMILES string of the molecule is CCOC(=O)ON1CCN(C(=O)C(CCC(=O)O)NC(=O)c2cc(C3CCCC[C@@H]3O)nc(-c3ccccc3)n2)CC1. The number of hydroxylamine groups is 2. The number of nitrogens with one attached hydrogen (secondary N) is 1. The van der Waals surface area contributed by atoms with Crippen molar-refractivity contribution in [3.05, 3.63) is 47.8 Å². The third-order valence-corrected chi connectivity index (χ3v) is 7.39. The molecule has 2 aliphatic rings. The summed E-state index contributed by atoms with van der Waals surface area (Å²) >= 11 is 0. The molecule has 3 N–H and O–H groups in total. The fourth-order valence-electron chi connectivity index (χ4n) is 5.17. The number of carboxylic acid groups (broad SMARTS) is 1. The number of aliphatic hydroxyl groups excluding tert-OH is 1. The number of amides is 2. The number of aliphatic carboxylic acids is 1. The number of ether oxygens (including phenoxy) is 1. The standard InChI is InChI=1S/C29H37N5O8/c1-2-41-29(40)42-34-16-14-33(15-17-34)28(39)21(12-13-25(36)37)32-27(38)23-18-22(20-10-6-7-11-24(20)35)30-26(31-23)19-8-4-3-5-9-19/h3-5,8-9,18,20-21,24,35H,2,6-7,10-17H2,1H3,(H,32,38)(H,36,37)/t20?,21?,24-/m0/s1.